The van der Waals surface area contributed by atoms with Gasteiger partial charge < -0.3 is 10.1 Å². The molecule has 7 nitrogen and oxygen atoms in total. The largest absolute Gasteiger partial charge is 0.444 e. The molecular formula is C16H23N5O2. The Labute approximate surface area is 135 Å². The molecule has 2 heterocycles. The minimum absolute atomic E-state index is 0.132. The Morgan fingerprint density at radius 3 is 2.83 bits per heavy atom. The second kappa shape index (κ2) is 7.23. The van der Waals surface area contributed by atoms with E-state index in [-0.39, 0.29) is 6.04 Å². The van der Waals surface area contributed by atoms with E-state index in [9.17, 15) is 4.79 Å². The van der Waals surface area contributed by atoms with Gasteiger partial charge in [0.25, 0.3) is 0 Å². The first kappa shape index (κ1) is 17.0. The third kappa shape index (κ3) is 5.37. The van der Waals surface area contributed by atoms with Gasteiger partial charge in [0.2, 0.25) is 0 Å². The van der Waals surface area contributed by atoms with Crippen LogP contribution in [-0.4, -0.2) is 26.9 Å². The Bertz CT molecular complexity index is 633. The van der Waals surface area contributed by atoms with E-state index in [1.54, 1.807) is 12.4 Å². The Kier molecular flexibility index (Phi) is 5.33. The molecule has 23 heavy (non-hydrogen) atoms. The molecule has 0 spiro atoms. The van der Waals surface area contributed by atoms with Gasteiger partial charge in [-0.25, -0.2) is 4.79 Å². The molecule has 0 radical (unpaired) electrons. The van der Waals surface area contributed by atoms with Crippen molar-refractivity contribution >= 4 is 11.9 Å². The van der Waals surface area contributed by atoms with Crippen molar-refractivity contribution in [3.8, 4) is 0 Å². The molecule has 0 fully saturated rings. The quantitative estimate of drug-likeness (QED) is 0.788. The molecule has 7 heteroatoms. The van der Waals surface area contributed by atoms with Gasteiger partial charge in [-0.3, -0.25) is 15.4 Å². The maximum atomic E-state index is 11.8. The minimum atomic E-state index is -0.544. The fourth-order valence-electron chi connectivity index (χ4n) is 1.97. The van der Waals surface area contributed by atoms with Crippen LogP contribution >= 0.6 is 0 Å². The Morgan fingerprint density at radius 2 is 2.17 bits per heavy atom. The molecule has 0 saturated heterocycles. The van der Waals surface area contributed by atoms with Crippen LogP contribution in [0.2, 0.25) is 0 Å². The fourth-order valence-corrected chi connectivity index (χ4v) is 1.97. The van der Waals surface area contributed by atoms with Gasteiger partial charge in [-0.1, -0.05) is 6.07 Å². The molecule has 124 valence electrons. The summed E-state index contributed by atoms with van der Waals surface area (Å²) in [6.07, 6.45) is 4.74. The highest BCUT2D eigenvalue weighted by Gasteiger charge is 2.18. The van der Waals surface area contributed by atoms with Gasteiger partial charge in [-0.2, -0.15) is 5.10 Å². The topological polar surface area (TPSA) is 91.9 Å². The normalized spacial score (nSPS) is 12.7. The highest BCUT2D eigenvalue weighted by Crippen LogP contribution is 2.16. The van der Waals surface area contributed by atoms with Crippen LogP contribution in [0.25, 0.3) is 0 Å². The predicted octanol–water partition coefficient (Wildman–Crippen LogP) is 3.00. The molecule has 1 unspecified atom stereocenters. The molecule has 0 aliphatic rings. The number of hydrogen-bond donors (Lipinski definition) is 3. The van der Waals surface area contributed by atoms with E-state index in [1.165, 1.54) is 0 Å². The van der Waals surface area contributed by atoms with Gasteiger partial charge in [0, 0.05) is 30.5 Å². The van der Waals surface area contributed by atoms with E-state index in [0.29, 0.717) is 12.4 Å². The van der Waals surface area contributed by atoms with E-state index in [2.05, 4.69) is 32.7 Å². The average molecular weight is 317 g/mol. The number of carbonyl (C=O) groups excluding carboxylic acids is 1. The van der Waals surface area contributed by atoms with Crippen molar-refractivity contribution in [3.05, 3.63) is 41.9 Å². The lowest BCUT2D eigenvalue weighted by Gasteiger charge is -2.19. The van der Waals surface area contributed by atoms with Crippen molar-refractivity contribution in [1.29, 1.82) is 0 Å². The molecule has 0 aromatic carbocycles. The van der Waals surface area contributed by atoms with E-state index in [1.807, 2.05) is 39.1 Å². The number of nitrogens with one attached hydrogen (secondary N) is 3. The highest BCUT2D eigenvalue weighted by molar-refractivity contribution is 5.84. The number of hydrogen-bond acceptors (Lipinski definition) is 5. The van der Waals surface area contributed by atoms with Crippen LogP contribution in [0.5, 0.6) is 0 Å². The number of H-pyrrole nitrogens is 1. The Hall–Kier alpha value is -2.41. The third-order valence-corrected chi connectivity index (χ3v) is 3.13. The molecule has 0 bridgehead atoms. The lowest BCUT2D eigenvalue weighted by molar-refractivity contribution is 0.0635. The number of aromatic amines is 1. The number of amides is 1. The lowest BCUT2D eigenvalue weighted by Crippen LogP contribution is -2.28. The van der Waals surface area contributed by atoms with Crippen molar-refractivity contribution in [2.75, 3.05) is 5.32 Å². The van der Waals surface area contributed by atoms with Gasteiger partial charge in [0.05, 0.1) is 6.20 Å². The first-order valence-corrected chi connectivity index (χ1v) is 7.51. The summed E-state index contributed by atoms with van der Waals surface area (Å²) in [5, 5.41) is 12.8. The highest BCUT2D eigenvalue weighted by atomic mass is 16.6. The van der Waals surface area contributed by atoms with Crippen molar-refractivity contribution in [3.63, 3.8) is 0 Å². The van der Waals surface area contributed by atoms with Gasteiger partial charge in [-0.05, 0) is 39.3 Å². The predicted molar refractivity (Wildman–Crippen MR) is 87.9 cm³/mol. The van der Waals surface area contributed by atoms with Gasteiger partial charge in [-0.15, -0.1) is 0 Å². The van der Waals surface area contributed by atoms with Gasteiger partial charge in [0.15, 0.2) is 0 Å². The van der Waals surface area contributed by atoms with E-state index in [4.69, 9.17) is 4.74 Å². The summed E-state index contributed by atoms with van der Waals surface area (Å²) in [5.41, 5.74) is 1.40. The lowest BCUT2D eigenvalue weighted by atomic mass is 10.1. The fraction of sp³-hybridized carbons (Fsp3) is 0.438. The molecule has 1 atom stereocenters. The summed E-state index contributed by atoms with van der Waals surface area (Å²) in [6, 6.07) is 4.05. The number of nitrogens with zero attached hydrogens (tertiary/aromatic N) is 2. The zero-order valence-electron chi connectivity index (χ0n) is 13.9. The summed E-state index contributed by atoms with van der Waals surface area (Å²) in [4.78, 5) is 15.9. The smallest absolute Gasteiger partial charge is 0.413 e. The Balaban J connectivity index is 1.92. The van der Waals surface area contributed by atoms with Crippen molar-refractivity contribution in [1.82, 2.24) is 20.5 Å². The maximum Gasteiger partial charge on any atom is 0.413 e. The monoisotopic (exact) mass is 317 g/mol. The van der Waals surface area contributed by atoms with Crippen LogP contribution in [0, 0.1) is 0 Å². The first-order valence-electron chi connectivity index (χ1n) is 7.51. The number of anilines is 1. The van der Waals surface area contributed by atoms with Crippen LogP contribution in [0.15, 0.2) is 30.7 Å². The first-order chi connectivity index (χ1) is 10.8. The average Bonchev–Trinajstić information content (AvgIpc) is 2.90. The second-order valence-corrected chi connectivity index (χ2v) is 6.29. The summed E-state index contributed by atoms with van der Waals surface area (Å²) in [5.74, 6) is 0.533. The van der Waals surface area contributed by atoms with Crippen LogP contribution in [0.3, 0.4) is 0 Å². The van der Waals surface area contributed by atoms with Crippen LogP contribution in [0.4, 0.5) is 10.6 Å². The van der Waals surface area contributed by atoms with E-state index >= 15 is 0 Å². The van der Waals surface area contributed by atoms with Crippen LogP contribution in [-0.2, 0) is 11.3 Å². The van der Waals surface area contributed by atoms with E-state index in [0.717, 1.165) is 11.1 Å². The van der Waals surface area contributed by atoms with Crippen molar-refractivity contribution in [2.45, 2.75) is 45.9 Å². The summed E-state index contributed by atoms with van der Waals surface area (Å²) in [7, 11) is 0. The zero-order valence-corrected chi connectivity index (χ0v) is 13.9. The van der Waals surface area contributed by atoms with Gasteiger partial charge >= 0.3 is 6.09 Å². The second-order valence-electron chi connectivity index (χ2n) is 6.29. The number of pyridine rings is 1. The minimum Gasteiger partial charge on any atom is -0.444 e. The molecule has 3 N–H and O–H groups in total. The molecule has 2 rings (SSSR count). The van der Waals surface area contributed by atoms with Gasteiger partial charge in [0.1, 0.15) is 11.4 Å². The zero-order chi connectivity index (χ0) is 16.9. The molecule has 0 aliphatic heterocycles. The SMILES string of the molecule is CC(NCc1cn[nH]c1NC(=O)OC(C)(C)C)c1cccnc1. The molecule has 0 saturated carbocycles. The number of rotatable bonds is 5. The molecular weight excluding hydrogens is 294 g/mol. The summed E-state index contributed by atoms with van der Waals surface area (Å²) >= 11 is 0. The number of ether oxygens (including phenoxy) is 1. The number of carbonyl (C=O) groups is 1. The standard InChI is InChI=1S/C16H23N5O2/c1-11(12-6-5-7-17-8-12)18-9-13-10-19-21-14(13)20-15(22)23-16(2,3)4/h5-8,10-11,18H,9H2,1-4H3,(H2,19,20,21,22). The Morgan fingerprint density at radius 1 is 1.39 bits per heavy atom. The molecule has 2 aromatic rings. The summed E-state index contributed by atoms with van der Waals surface area (Å²) in [6.45, 7) is 8.06. The van der Waals surface area contributed by atoms with E-state index < -0.39 is 11.7 Å². The third-order valence-electron chi connectivity index (χ3n) is 3.13. The number of aromatic nitrogens is 3. The van der Waals surface area contributed by atoms with Crippen molar-refractivity contribution < 1.29 is 9.53 Å². The van der Waals surface area contributed by atoms with Crippen LogP contribution in [0.1, 0.15) is 44.9 Å². The summed E-state index contributed by atoms with van der Waals surface area (Å²) < 4.78 is 5.23. The maximum absolute atomic E-state index is 11.8. The van der Waals surface area contributed by atoms with Crippen LogP contribution < -0.4 is 10.6 Å². The van der Waals surface area contributed by atoms with Crippen molar-refractivity contribution in [2.24, 2.45) is 0 Å². The molecule has 0 aliphatic carbocycles. The molecule has 1 amide bonds. The molecule has 2 aromatic heterocycles.